The zero-order valence-electron chi connectivity index (χ0n) is 11.3. The summed E-state index contributed by atoms with van der Waals surface area (Å²) in [6.45, 7) is 11.8. The van der Waals surface area contributed by atoms with Gasteiger partial charge >= 0.3 is 0 Å². The molecule has 0 radical (unpaired) electrons. The van der Waals surface area contributed by atoms with Crippen LogP contribution in [0.3, 0.4) is 0 Å². The fraction of sp³-hybridized carbons (Fsp3) is 0.917. The Morgan fingerprint density at radius 3 is 2.35 bits per heavy atom. The van der Waals surface area contributed by atoms with Gasteiger partial charge in [0.15, 0.2) is 0 Å². The molecular formula is C12H26N4O. The number of piperazine rings is 1. The van der Waals surface area contributed by atoms with E-state index in [4.69, 9.17) is 10.9 Å². The van der Waals surface area contributed by atoms with Gasteiger partial charge in [0.1, 0.15) is 5.84 Å². The van der Waals surface area contributed by atoms with Crippen LogP contribution in [0.15, 0.2) is 5.16 Å². The molecule has 5 heteroatoms. The van der Waals surface area contributed by atoms with Crippen molar-refractivity contribution in [3.63, 3.8) is 0 Å². The van der Waals surface area contributed by atoms with Gasteiger partial charge in [-0.1, -0.05) is 19.0 Å². The van der Waals surface area contributed by atoms with Crippen LogP contribution in [0.4, 0.5) is 0 Å². The number of rotatable bonds is 5. The Bertz CT molecular complexity index is 249. The minimum absolute atomic E-state index is 0.121. The van der Waals surface area contributed by atoms with E-state index in [2.05, 4.69) is 28.8 Å². The highest BCUT2D eigenvalue weighted by molar-refractivity contribution is 5.82. The molecular weight excluding hydrogens is 216 g/mol. The van der Waals surface area contributed by atoms with E-state index >= 15 is 0 Å². The van der Waals surface area contributed by atoms with Crippen molar-refractivity contribution >= 4 is 5.84 Å². The molecule has 100 valence electrons. The minimum Gasteiger partial charge on any atom is -0.409 e. The van der Waals surface area contributed by atoms with E-state index in [9.17, 15) is 0 Å². The van der Waals surface area contributed by atoms with Gasteiger partial charge in [-0.25, -0.2) is 0 Å². The first-order chi connectivity index (χ1) is 8.08. The number of hydrogen-bond acceptors (Lipinski definition) is 4. The molecule has 1 heterocycles. The average molecular weight is 242 g/mol. The Labute approximate surface area is 104 Å². The van der Waals surface area contributed by atoms with Gasteiger partial charge in [-0.2, -0.15) is 0 Å². The van der Waals surface area contributed by atoms with Gasteiger partial charge in [0.05, 0.1) is 0 Å². The predicted octanol–water partition coefficient (Wildman–Crippen LogP) is 0.785. The molecule has 5 nitrogen and oxygen atoms in total. The maximum Gasteiger partial charge on any atom is 0.143 e. The fourth-order valence-electron chi connectivity index (χ4n) is 2.22. The molecule has 0 bridgehead atoms. The SMILES string of the molecule is CCC(C)N1CCN(CC(C)/C(N)=N/O)CC1. The summed E-state index contributed by atoms with van der Waals surface area (Å²) in [4.78, 5) is 4.92. The highest BCUT2D eigenvalue weighted by Gasteiger charge is 2.21. The van der Waals surface area contributed by atoms with Gasteiger partial charge in [-0.15, -0.1) is 0 Å². The second kappa shape index (κ2) is 6.81. The van der Waals surface area contributed by atoms with Crippen molar-refractivity contribution < 1.29 is 5.21 Å². The van der Waals surface area contributed by atoms with E-state index in [1.807, 2.05) is 6.92 Å². The van der Waals surface area contributed by atoms with E-state index in [0.717, 1.165) is 32.7 Å². The van der Waals surface area contributed by atoms with Crippen LogP contribution in [0.25, 0.3) is 0 Å². The summed E-state index contributed by atoms with van der Waals surface area (Å²) in [5.41, 5.74) is 5.59. The Morgan fingerprint density at radius 2 is 1.88 bits per heavy atom. The Kier molecular flexibility index (Phi) is 5.71. The monoisotopic (exact) mass is 242 g/mol. The molecule has 3 N–H and O–H groups in total. The summed E-state index contributed by atoms with van der Waals surface area (Å²) in [5, 5.41) is 11.7. The summed E-state index contributed by atoms with van der Waals surface area (Å²) in [5.74, 6) is 0.449. The summed E-state index contributed by atoms with van der Waals surface area (Å²) in [6, 6.07) is 0.679. The van der Waals surface area contributed by atoms with Crippen molar-refractivity contribution in [2.24, 2.45) is 16.8 Å². The first-order valence-corrected chi connectivity index (χ1v) is 6.52. The summed E-state index contributed by atoms with van der Waals surface area (Å²) < 4.78 is 0. The van der Waals surface area contributed by atoms with Gasteiger partial charge < -0.3 is 15.8 Å². The van der Waals surface area contributed by atoms with E-state index in [0.29, 0.717) is 11.9 Å². The number of oxime groups is 1. The third-order valence-electron chi connectivity index (χ3n) is 3.77. The maximum atomic E-state index is 8.62. The number of amidine groups is 1. The topological polar surface area (TPSA) is 65.1 Å². The van der Waals surface area contributed by atoms with Crippen LogP contribution in [0.2, 0.25) is 0 Å². The van der Waals surface area contributed by atoms with Gasteiger partial charge in [-0.05, 0) is 13.3 Å². The number of nitrogens with two attached hydrogens (primary N) is 1. The number of hydrogen-bond donors (Lipinski definition) is 2. The van der Waals surface area contributed by atoms with Crippen LogP contribution >= 0.6 is 0 Å². The lowest BCUT2D eigenvalue weighted by Crippen LogP contribution is -2.51. The van der Waals surface area contributed by atoms with Crippen molar-refractivity contribution in [1.82, 2.24) is 9.80 Å². The molecule has 0 spiro atoms. The van der Waals surface area contributed by atoms with Crippen LogP contribution in [0, 0.1) is 5.92 Å². The van der Waals surface area contributed by atoms with Crippen molar-refractivity contribution in [2.45, 2.75) is 33.2 Å². The van der Waals surface area contributed by atoms with Gasteiger partial charge in [0.25, 0.3) is 0 Å². The maximum absolute atomic E-state index is 8.62. The van der Waals surface area contributed by atoms with Crippen LogP contribution in [0.1, 0.15) is 27.2 Å². The molecule has 1 aliphatic rings. The highest BCUT2D eigenvalue weighted by atomic mass is 16.4. The first kappa shape index (κ1) is 14.3. The second-order valence-electron chi connectivity index (χ2n) is 5.02. The molecule has 0 aromatic heterocycles. The quantitative estimate of drug-likeness (QED) is 0.324. The fourth-order valence-corrected chi connectivity index (χ4v) is 2.22. The van der Waals surface area contributed by atoms with Crippen LogP contribution in [0.5, 0.6) is 0 Å². The Balaban J connectivity index is 2.32. The van der Waals surface area contributed by atoms with Crippen molar-refractivity contribution in [3.8, 4) is 0 Å². The molecule has 1 fully saturated rings. The zero-order valence-corrected chi connectivity index (χ0v) is 11.3. The van der Waals surface area contributed by atoms with Gasteiger partial charge in [0.2, 0.25) is 0 Å². The smallest absolute Gasteiger partial charge is 0.143 e. The average Bonchev–Trinajstić information content (AvgIpc) is 2.37. The summed E-state index contributed by atoms with van der Waals surface area (Å²) in [6.07, 6.45) is 1.21. The van der Waals surface area contributed by atoms with Crippen LogP contribution in [-0.4, -0.2) is 59.6 Å². The van der Waals surface area contributed by atoms with E-state index in [1.165, 1.54) is 6.42 Å². The number of nitrogens with zero attached hydrogens (tertiary/aromatic N) is 3. The standard InChI is InChI=1S/C12H26N4O/c1-4-11(3)16-7-5-15(6-8-16)9-10(2)12(13)14-17/h10-11,17H,4-9H2,1-3H3,(H2,13,14). The van der Waals surface area contributed by atoms with E-state index in [-0.39, 0.29) is 5.92 Å². The van der Waals surface area contributed by atoms with Crippen LogP contribution < -0.4 is 5.73 Å². The Morgan fingerprint density at radius 1 is 1.29 bits per heavy atom. The zero-order chi connectivity index (χ0) is 12.8. The normalized spacial score (nSPS) is 23.6. The molecule has 0 aromatic carbocycles. The second-order valence-corrected chi connectivity index (χ2v) is 5.02. The lowest BCUT2D eigenvalue weighted by atomic mass is 10.1. The molecule has 0 aromatic rings. The molecule has 1 rings (SSSR count). The molecule has 0 saturated carbocycles. The van der Waals surface area contributed by atoms with E-state index < -0.39 is 0 Å². The van der Waals surface area contributed by atoms with Crippen molar-refractivity contribution in [1.29, 1.82) is 0 Å². The van der Waals surface area contributed by atoms with Gasteiger partial charge in [0, 0.05) is 44.7 Å². The molecule has 1 saturated heterocycles. The third-order valence-corrected chi connectivity index (χ3v) is 3.77. The summed E-state index contributed by atoms with van der Waals surface area (Å²) >= 11 is 0. The molecule has 1 aliphatic heterocycles. The Hall–Kier alpha value is -0.810. The molecule has 2 unspecified atom stereocenters. The molecule has 2 atom stereocenters. The lowest BCUT2D eigenvalue weighted by molar-refractivity contribution is 0.0965. The third kappa shape index (κ3) is 4.16. The van der Waals surface area contributed by atoms with Crippen molar-refractivity contribution in [2.75, 3.05) is 32.7 Å². The largest absolute Gasteiger partial charge is 0.409 e. The molecule has 0 amide bonds. The minimum atomic E-state index is 0.121. The van der Waals surface area contributed by atoms with Crippen LogP contribution in [-0.2, 0) is 0 Å². The summed E-state index contributed by atoms with van der Waals surface area (Å²) in [7, 11) is 0. The van der Waals surface area contributed by atoms with Crippen molar-refractivity contribution in [3.05, 3.63) is 0 Å². The first-order valence-electron chi connectivity index (χ1n) is 6.52. The lowest BCUT2D eigenvalue weighted by Gasteiger charge is -2.38. The van der Waals surface area contributed by atoms with E-state index in [1.54, 1.807) is 0 Å². The van der Waals surface area contributed by atoms with Gasteiger partial charge in [-0.3, -0.25) is 4.90 Å². The molecule has 0 aliphatic carbocycles. The predicted molar refractivity (Wildman–Crippen MR) is 70.3 cm³/mol. The molecule has 17 heavy (non-hydrogen) atoms. The highest BCUT2D eigenvalue weighted by Crippen LogP contribution is 2.10.